The first-order valence-corrected chi connectivity index (χ1v) is 9.35. The molecule has 0 radical (unpaired) electrons. The number of benzene rings is 3. The standard InChI is InChI=1S/C21H18N6O6/c1-33-21-15(13-23-25-17-4-8-19(9-5-17)27(31)32)10-14(11-20(21)28)12-22-24-16-2-6-18(7-3-16)26(29)30/h2-13,24-25,28H,1H3. The second-order valence-corrected chi connectivity index (χ2v) is 6.51. The van der Waals surface area contributed by atoms with Crippen molar-refractivity contribution in [2.75, 3.05) is 18.0 Å². The molecule has 3 aromatic carbocycles. The highest BCUT2D eigenvalue weighted by Gasteiger charge is 2.09. The van der Waals surface area contributed by atoms with E-state index in [-0.39, 0.29) is 22.9 Å². The summed E-state index contributed by atoms with van der Waals surface area (Å²) in [4.78, 5) is 20.4. The molecule has 0 aliphatic heterocycles. The van der Waals surface area contributed by atoms with Crippen LogP contribution in [0.5, 0.6) is 11.5 Å². The van der Waals surface area contributed by atoms with E-state index in [0.29, 0.717) is 22.5 Å². The van der Waals surface area contributed by atoms with Gasteiger partial charge in [-0.3, -0.25) is 31.1 Å². The summed E-state index contributed by atoms with van der Waals surface area (Å²) in [5.74, 6) is 0.0679. The number of methoxy groups -OCH3 is 1. The lowest BCUT2D eigenvalue weighted by Gasteiger charge is -2.08. The Hall–Kier alpha value is -5.00. The highest BCUT2D eigenvalue weighted by Crippen LogP contribution is 2.30. The van der Waals surface area contributed by atoms with Crippen molar-refractivity contribution >= 4 is 35.2 Å². The topological polar surface area (TPSA) is 165 Å². The first kappa shape index (κ1) is 22.7. The molecule has 0 spiro atoms. The summed E-state index contributed by atoms with van der Waals surface area (Å²) in [5.41, 5.74) is 7.47. The summed E-state index contributed by atoms with van der Waals surface area (Å²) >= 11 is 0. The normalized spacial score (nSPS) is 10.9. The van der Waals surface area contributed by atoms with Gasteiger partial charge in [0, 0.05) is 29.8 Å². The second kappa shape index (κ2) is 10.3. The Balaban J connectivity index is 1.72. The third-order valence-electron chi connectivity index (χ3n) is 4.29. The molecular formula is C21H18N6O6. The zero-order chi connectivity index (χ0) is 23.8. The zero-order valence-electron chi connectivity index (χ0n) is 17.2. The third-order valence-corrected chi connectivity index (χ3v) is 4.29. The summed E-state index contributed by atoms with van der Waals surface area (Å²) in [6.45, 7) is 0. The molecule has 0 fully saturated rings. The maximum Gasteiger partial charge on any atom is 0.269 e. The van der Waals surface area contributed by atoms with Crippen LogP contribution in [0.15, 0.2) is 70.9 Å². The van der Waals surface area contributed by atoms with E-state index in [2.05, 4.69) is 21.1 Å². The van der Waals surface area contributed by atoms with Crippen LogP contribution in [0.3, 0.4) is 0 Å². The van der Waals surface area contributed by atoms with Crippen molar-refractivity contribution < 1.29 is 19.7 Å². The van der Waals surface area contributed by atoms with Crippen molar-refractivity contribution in [1.82, 2.24) is 0 Å². The van der Waals surface area contributed by atoms with Gasteiger partial charge in [-0.1, -0.05) is 0 Å². The van der Waals surface area contributed by atoms with Gasteiger partial charge in [0.2, 0.25) is 0 Å². The maximum absolute atomic E-state index is 10.7. The van der Waals surface area contributed by atoms with Crippen LogP contribution in [0.1, 0.15) is 11.1 Å². The minimum atomic E-state index is -0.496. The predicted octanol–water partition coefficient (Wildman–Crippen LogP) is 4.11. The number of nitro groups is 2. The molecule has 3 aromatic rings. The number of nitro benzene ring substituents is 2. The number of non-ortho nitro benzene ring substituents is 2. The SMILES string of the molecule is COc1c(O)cc(C=NNc2ccc([N+](=O)[O-])cc2)cc1C=NNc1ccc([N+](=O)[O-])cc1. The average molecular weight is 450 g/mol. The lowest BCUT2D eigenvalue weighted by atomic mass is 10.1. The predicted molar refractivity (Wildman–Crippen MR) is 123 cm³/mol. The Labute approximate surface area is 187 Å². The van der Waals surface area contributed by atoms with Crippen molar-refractivity contribution in [2.45, 2.75) is 0 Å². The maximum atomic E-state index is 10.7. The molecule has 33 heavy (non-hydrogen) atoms. The number of ether oxygens (including phenoxy) is 1. The van der Waals surface area contributed by atoms with Crippen LogP contribution in [-0.2, 0) is 0 Å². The van der Waals surface area contributed by atoms with Gasteiger partial charge in [0.05, 0.1) is 40.8 Å². The van der Waals surface area contributed by atoms with Crippen LogP contribution in [-0.4, -0.2) is 34.5 Å². The van der Waals surface area contributed by atoms with E-state index in [1.807, 2.05) is 0 Å². The Morgan fingerprint density at radius 3 is 1.79 bits per heavy atom. The van der Waals surface area contributed by atoms with Gasteiger partial charge in [0.25, 0.3) is 11.4 Å². The number of aromatic hydroxyl groups is 1. The van der Waals surface area contributed by atoms with E-state index in [0.717, 1.165) is 0 Å². The Kier molecular flexibility index (Phi) is 7.11. The molecule has 168 valence electrons. The van der Waals surface area contributed by atoms with Crippen LogP contribution in [0, 0.1) is 20.2 Å². The number of phenols is 1. The minimum Gasteiger partial charge on any atom is -0.504 e. The van der Waals surface area contributed by atoms with Crippen molar-refractivity contribution in [3.63, 3.8) is 0 Å². The molecule has 0 heterocycles. The smallest absolute Gasteiger partial charge is 0.269 e. The molecule has 0 bridgehead atoms. The van der Waals surface area contributed by atoms with E-state index in [1.54, 1.807) is 6.07 Å². The van der Waals surface area contributed by atoms with Crippen molar-refractivity contribution in [3.05, 3.63) is 92.0 Å². The van der Waals surface area contributed by atoms with Crippen molar-refractivity contribution in [3.8, 4) is 11.5 Å². The van der Waals surface area contributed by atoms with E-state index in [9.17, 15) is 25.3 Å². The third kappa shape index (κ3) is 6.01. The van der Waals surface area contributed by atoms with Gasteiger partial charge in [-0.2, -0.15) is 10.2 Å². The average Bonchev–Trinajstić information content (AvgIpc) is 2.79. The van der Waals surface area contributed by atoms with Gasteiger partial charge in [0.15, 0.2) is 11.5 Å². The van der Waals surface area contributed by atoms with E-state index >= 15 is 0 Å². The fourth-order valence-electron chi connectivity index (χ4n) is 2.72. The number of nitrogens with one attached hydrogen (secondary N) is 2. The summed E-state index contributed by atoms with van der Waals surface area (Å²) in [7, 11) is 1.40. The van der Waals surface area contributed by atoms with Gasteiger partial charge < -0.3 is 9.84 Å². The molecule has 0 unspecified atom stereocenters. The molecule has 0 aliphatic carbocycles. The van der Waals surface area contributed by atoms with Gasteiger partial charge in [-0.15, -0.1) is 0 Å². The molecular weight excluding hydrogens is 432 g/mol. The first-order valence-electron chi connectivity index (χ1n) is 9.35. The van der Waals surface area contributed by atoms with Crippen LogP contribution >= 0.6 is 0 Å². The Bertz CT molecular complexity index is 1210. The van der Waals surface area contributed by atoms with E-state index < -0.39 is 9.85 Å². The Morgan fingerprint density at radius 1 is 0.848 bits per heavy atom. The quantitative estimate of drug-likeness (QED) is 0.249. The van der Waals surface area contributed by atoms with Crippen LogP contribution < -0.4 is 15.6 Å². The first-order chi connectivity index (χ1) is 15.9. The van der Waals surface area contributed by atoms with Crippen LogP contribution in [0.2, 0.25) is 0 Å². The number of phenolic OH excluding ortho intramolecular Hbond substituents is 1. The fourth-order valence-corrected chi connectivity index (χ4v) is 2.72. The summed E-state index contributed by atoms with van der Waals surface area (Å²) in [5, 5.41) is 39.8. The number of hydrazone groups is 2. The number of anilines is 2. The summed E-state index contributed by atoms with van der Waals surface area (Å²) < 4.78 is 5.22. The number of hydrogen-bond acceptors (Lipinski definition) is 10. The van der Waals surface area contributed by atoms with Crippen LogP contribution in [0.25, 0.3) is 0 Å². The van der Waals surface area contributed by atoms with Gasteiger partial charge in [0.1, 0.15) is 0 Å². The largest absolute Gasteiger partial charge is 0.504 e. The number of rotatable bonds is 9. The van der Waals surface area contributed by atoms with E-state index in [4.69, 9.17) is 4.74 Å². The molecule has 3 N–H and O–H groups in total. The van der Waals surface area contributed by atoms with Gasteiger partial charge in [-0.25, -0.2) is 0 Å². The fraction of sp³-hybridized carbons (Fsp3) is 0.0476. The van der Waals surface area contributed by atoms with Crippen LogP contribution in [0.4, 0.5) is 22.7 Å². The molecule has 0 atom stereocenters. The molecule has 0 saturated heterocycles. The monoisotopic (exact) mass is 450 g/mol. The van der Waals surface area contributed by atoms with Crippen molar-refractivity contribution in [2.24, 2.45) is 10.2 Å². The summed E-state index contributed by atoms with van der Waals surface area (Å²) in [6.07, 6.45) is 2.86. The molecule has 12 heteroatoms. The van der Waals surface area contributed by atoms with E-state index in [1.165, 1.54) is 74.1 Å². The highest BCUT2D eigenvalue weighted by atomic mass is 16.6. The van der Waals surface area contributed by atoms with Crippen molar-refractivity contribution in [1.29, 1.82) is 0 Å². The molecule has 12 nitrogen and oxygen atoms in total. The zero-order valence-corrected chi connectivity index (χ0v) is 17.2. The highest BCUT2D eigenvalue weighted by molar-refractivity contribution is 5.91. The number of hydrogen-bond donors (Lipinski definition) is 3. The van der Waals surface area contributed by atoms with Gasteiger partial charge in [-0.05, 0) is 42.0 Å². The van der Waals surface area contributed by atoms with Gasteiger partial charge >= 0.3 is 0 Å². The lowest BCUT2D eigenvalue weighted by Crippen LogP contribution is -1.97. The molecule has 0 aliphatic rings. The lowest BCUT2D eigenvalue weighted by molar-refractivity contribution is -0.385. The summed E-state index contributed by atoms with van der Waals surface area (Å²) in [6, 6.07) is 14.6. The molecule has 0 saturated carbocycles. The molecule has 0 aromatic heterocycles. The minimum absolute atomic E-state index is 0.0316. The molecule has 0 amide bonds. The second-order valence-electron chi connectivity index (χ2n) is 6.51. The Morgan fingerprint density at radius 2 is 1.33 bits per heavy atom. The molecule has 3 rings (SSSR count). The number of nitrogens with zero attached hydrogens (tertiary/aromatic N) is 4.